The molecule has 0 aromatic rings. The van der Waals surface area contributed by atoms with Crippen molar-refractivity contribution >= 4 is 0 Å². The lowest BCUT2D eigenvalue weighted by molar-refractivity contribution is 0.188. The molecule has 0 atom stereocenters. The fraction of sp³-hybridized carbons (Fsp3) is 1.00. The van der Waals surface area contributed by atoms with E-state index in [1.54, 1.807) is 0 Å². The van der Waals surface area contributed by atoms with E-state index in [0.29, 0.717) is 0 Å². The number of rotatable bonds is 8. The van der Waals surface area contributed by atoms with Crippen LogP contribution in [0.25, 0.3) is 0 Å². The van der Waals surface area contributed by atoms with Gasteiger partial charge in [0.25, 0.3) is 0 Å². The molecular weight excluding hydrogens is 138 g/mol. The molecule has 67 valence electrons. The zero-order chi connectivity index (χ0) is 8.36. The molecule has 0 rings (SSSR count). The summed E-state index contributed by atoms with van der Waals surface area (Å²) in [6, 6.07) is 0. The van der Waals surface area contributed by atoms with E-state index in [9.17, 15) is 5.11 Å². The first-order chi connectivity index (χ1) is 5.41. The van der Waals surface area contributed by atoms with E-state index in [4.69, 9.17) is 0 Å². The maximum atomic E-state index is 10.0. The van der Waals surface area contributed by atoms with Gasteiger partial charge in [-0.15, -0.1) is 0 Å². The van der Waals surface area contributed by atoms with Gasteiger partial charge >= 0.3 is 0 Å². The van der Waals surface area contributed by atoms with E-state index in [2.05, 4.69) is 12.2 Å². The van der Waals surface area contributed by atoms with Crippen LogP contribution < -0.4 is 5.32 Å². The van der Waals surface area contributed by atoms with Gasteiger partial charge in [-0.05, 0) is 25.9 Å². The predicted octanol–water partition coefficient (Wildman–Crippen LogP) is 1.98. The van der Waals surface area contributed by atoms with Crippen LogP contribution in [0.5, 0.6) is 0 Å². The lowest BCUT2D eigenvalue weighted by Crippen LogP contribution is -2.17. The van der Waals surface area contributed by atoms with Crippen LogP contribution in [0.4, 0.5) is 0 Å². The molecule has 0 heterocycles. The Kier molecular flexibility index (Phi) is 9.85. The molecule has 0 saturated heterocycles. The first-order valence-corrected chi connectivity index (χ1v) is 4.70. The molecule has 0 aromatic heterocycles. The summed E-state index contributed by atoms with van der Waals surface area (Å²) in [6.07, 6.45) is 5.98. The Labute approximate surface area is 70.0 Å². The third-order valence-electron chi connectivity index (χ3n) is 1.70. The number of hydrogen-bond acceptors (Lipinski definition) is 1. The molecule has 0 aliphatic heterocycles. The number of nitrogens with one attached hydrogen (secondary N) is 1. The summed E-state index contributed by atoms with van der Waals surface area (Å²) in [5, 5.41) is 13.3. The fourth-order valence-electron chi connectivity index (χ4n) is 0.999. The lowest BCUT2D eigenvalue weighted by atomic mass is 10.2. The van der Waals surface area contributed by atoms with Gasteiger partial charge in [-0.25, -0.2) is 5.11 Å². The molecule has 0 aliphatic rings. The van der Waals surface area contributed by atoms with E-state index >= 15 is 0 Å². The monoisotopic (exact) mass is 158 g/mol. The van der Waals surface area contributed by atoms with Gasteiger partial charge in [0.15, 0.2) is 0 Å². The minimum absolute atomic E-state index is 0.0575. The van der Waals surface area contributed by atoms with Gasteiger partial charge in [-0.2, -0.15) is 0 Å². The van der Waals surface area contributed by atoms with Gasteiger partial charge in [-0.3, -0.25) is 0 Å². The summed E-state index contributed by atoms with van der Waals surface area (Å²) < 4.78 is 0. The Morgan fingerprint density at radius 2 is 1.73 bits per heavy atom. The van der Waals surface area contributed by atoms with Gasteiger partial charge in [-0.1, -0.05) is 26.2 Å². The second-order valence-corrected chi connectivity index (χ2v) is 2.87. The maximum absolute atomic E-state index is 10.0. The molecule has 2 heteroatoms. The molecule has 1 radical (unpaired) electrons. The van der Waals surface area contributed by atoms with Crippen LogP contribution in [0.2, 0.25) is 0 Å². The minimum Gasteiger partial charge on any atom is -0.317 e. The molecule has 0 fully saturated rings. The van der Waals surface area contributed by atoms with Crippen LogP contribution in [0.1, 0.15) is 39.0 Å². The summed E-state index contributed by atoms with van der Waals surface area (Å²) in [5.74, 6) is 0. The third-order valence-corrected chi connectivity index (χ3v) is 1.70. The van der Waals surface area contributed by atoms with Crippen molar-refractivity contribution in [3.05, 3.63) is 0 Å². The van der Waals surface area contributed by atoms with E-state index in [-0.39, 0.29) is 6.61 Å². The molecule has 0 amide bonds. The summed E-state index contributed by atoms with van der Waals surface area (Å²) >= 11 is 0. The standard InChI is InChI=1S/C9H20NO/c1-2-3-4-5-7-10-8-6-9-11/h10H,2-9H2,1H3. The molecule has 0 aliphatic carbocycles. The molecule has 11 heavy (non-hydrogen) atoms. The van der Waals surface area contributed by atoms with Crippen LogP contribution in [-0.2, 0) is 5.11 Å². The molecule has 0 bridgehead atoms. The molecule has 2 nitrogen and oxygen atoms in total. The average molecular weight is 158 g/mol. The van der Waals surface area contributed by atoms with Gasteiger partial charge in [0, 0.05) is 0 Å². The SMILES string of the molecule is CCCCCCNCCC[O]. The van der Waals surface area contributed by atoms with E-state index in [0.717, 1.165) is 19.5 Å². The first kappa shape index (κ1) is 10.9. The maximum Gasteiger partial charge on any atom is 0.0834 e. The van der Waals surface area contributed by atoms with E-state index in [1.807, 2.05) is 0 Å². The highest BCUT2D eigenvalue weighted by molar-refractivity contribution is 4.47. The van der Waals surface area contributed by atoms with E-state index in [1.165, 1.54) is 25.7 Å². The predicted molar refractivity (Wildman–Crippen MR) is 47.2 cm³/mol. The second-order valence-electron chi connectivity index (χ2n) is 2.87. The van der Waals surface area contributed by atoms with Gasteiger partial charge in [0.1, 0.15) is 0 Å². The number of unbranched alkanes of at least 4 members (excludes halogenated alkanes) is 3. The Bertz CT molecular complexity index is 58.6. The average Bonchev–Trinajstić information content (AvgIpc) is 2.03. The summed E-state index contributed by atoms with van der Waals surface area (Å²) in [6.45, 7) is 4.25. The summed E-state index contributed by atoms with van der Waals surface area (Å²) in [4.78, 5) is 0. The largest absolute Gasteiger partial charge is 0.317 e. The third kappa shape index (κ3) is 9.92. The smallest absolute Gasteiger partial charge is 0.0834 e. The normalized spacial score (nSPS) is 10.4. The summed E-state index contributed by atoms with van der Waals surface area (Å²) in [7, 11) is 0. The molecular formula is C9H20NO. The van der Waals surface area contributed by atoms with Crippen molar-refractivity contribution in [2.75, 3.05) is 19.7 Å². The molecule has 0 unspecified atom stereocenters. The van der Waals surface area contributed by atoms with Crippen LogP contribution in [0.15, 0.2) is 0 Å². The highest BCUT2D eigenvalue weighted by Gasteiger charge is 1.87. The van der Waals surface area contributed by atoms with Crippen LogP contribution in [0.3, 0.4) is 0 Å². The van der Waals surface area contributed by atoms with Gasteiger partial charge in [0.05, 0.1) is 6.61 Å². The number of hydrogen-bond donors (Lipinski definition) is 1. The van der Waals surface area contributed by atoms with Crippen LogP contribution in [0, 0.1) is 0 Å². The molecule has 0 spiro atoms. The van der Waals surface area contributed by atoms with Crippen molar-refractivity contribution in [2.45, 2.75) is 39.0 Å². The Morgan fingerprint density at radius 1 is 1.00 bits per heavy atom. The van der Waals surface area contributed by atoms with Crippen molar-refractivity contribution in [1.82, 2.24) is 5.32 Å². The van der Waals surface area contributed by atoms with Crippen molar-refractivity contribution in [3.8, 4) is 0 Å². The van der Waals surface area contributed by atoms with Crippen LogP contribution in [-0.4, -0.2) is 19.7 Å². The van der Waals surface area contributed by atoms with E-state index < -0.39 is 0 Å². The first-order valence-electron chi connectivity index (χ1n) is 4.70. The van der Waals surface area contributed by atoms with Gasteiger partial charge in [0.2, 0.25) is 0 Å². The zero-order valence-electron chi connectivity index (χ0n) is 7.57. The highest BCUT2D eigenvalue weighted by Crippen LogP contribution is 1.96. The van der Waals surface area contributed by atoms with Crippen molar-refractivity contribution in [1.29, 1.82) is 0 Å². The van der Waals surface area contributed by atoms with Crippen molar-refractivity contribution < 1.29 is 5.11 Å². The fourth-order valence-corrected chi connectivity index (χ4v) is 0.999. The van der Waals surface area contributed by atoms with Crippen molar-refractivity contribution in [3.63, 3.8) is 0 Å². The molecule has 1 N–H and O–H groups in total. The van der Waals surface area contributed by atoms with Crippen molar-refractivity contribution in [2.24, 2.45) is 0 Å². The topological polar surface area (TPSA) is 31.9 Å². The Morgan fingerprint density at radius 3 is 2.36 bits per heavy atom. The van der Waals surface area contributed by atoms with Crippen LogP contribution >= 0.6 is 0 Å². The quantitative estimate of drug-likeness (QED) is 0.538. The van der Waals surface area contributed by atoms with Gasteiger partial charge < -0.3 is 5.32 Å². The molecule has 0 saturated carbocycles. The zero-order valence-corrected chi connectivity index (χ0v) is 7.57. The summed E-state index contributed by atoms with van der Waals surface area (Å²) in [5.41, 5.74) is 0. The second kappa shape index (κ2) is 9.92. The Balaban J connectivity index is 2.69. The Hall–Kier alpha value is -0.0800. The lowest BCUT2D eigenvalue weighted by Gasteiger charge is -2.01. The molecule has 0 aromatic carbocycles. The minimum atomic E-state index is 0.0575. The highest BCUT2D eigenvalue weighted by atomic mass is 16.3.